The largest absolute Gasteiger partial charge is 0.466 e. The molecule has 0 radical (unpaired) electrons. The monoisotopic (exact) mass is 416 g/mol. The first-order chi connectivity index (χ1) is 14.4. The molecule has 8 nitrogen and oxygen atoms in total. The van der Waals surface area contributed by atoms with Crippen LogP contribution in [-0.4, -0.2) is 61.0 Å². The van der Waals surface area contributed by atoms with Gasteiger partial charge in [0, 0.05) is 31.7 Å². The molecule has 1 atom stereocenters. The van der Waals surface area contributed by atoms with Gasteiger partial charge in [0.2, 0.25) is 5.91 Å². The van der Waals surface area contributed by atoms with Crippen LogP contribution >= 0.6 is 0 Å². The quantitative estimate of drug-likeness (QED) is 0.660. The SMILES string of the molecule is CCOC(=O)C1CCN(C(=O)C(C)OC(=O)c2ccc(N3CCCC3=O)cc2)CC1. The zero-order valence-corrected chi connectivity index (χ0v) is 17.5. The highest BCUT2D eigenvalue weighted by molar-refractivity contribution is 5.96. The molecule has 0 saturated carbocycles. The summed E-state index contributed by atoms with van der Waals surface area (Å²) in [6.07, 6.45) is 1.54. The molecule has 1 aromatic carbocycles. The smallest absolute Gasteiger partial charge is 0.338 e. The molecular weight excluding hydrogens is 388 g/mol. The second-order valence-corrected chi connectivity index (χ2v) is 7.59. The van der Waals surface area contributed by atoms with E-state index >= 15 is 0 Å². The Morgan fingerprint density at radius 1 is 1.10 bits per heavy atom. The van der Waals surface area contributed by atoms with Crippen LogP contribution in [0.2, 0.25) is 0 Å². The number of piperidine rings is 1. The summed E-state index contributed by atoms with van der Waals surface area (Å²) in [5.74, 6) is -1.19. The molecule has 2 amide bonds. The van der Waals surface area contributed by atoms with Gasteiger partial charge in [0.05, 0.1) is 18.1 Å². The fourth-order valence-corrected chi connectivity index (χ4v) is 3.83. The number of hydrogen-bond acceptors (Lipinski definition) is 6. The van der Waals surface area contributed by atoms with Crippen molar-refractivity contribution >= 4 is 29.4 Å². The van der Waals surface area contributed by atoms with Gasteiger partial charge in [0.1, 0.15) is 0 Å². The summed E-state index contributed by atoms with van der Waals surface area (Å²) in [5.41, 5.74) is 1.08. The van der Waals surface area contributed by atoms with E-state index in [4.69, 9.17) is 9.47 Å². The molecular formula is C22H28N2O6. The molecule has 2 fully saturated rings. The summed E-state index contributed by atoms with van der Waals surface area (Å²) in [4.78, 5) is 52.0. The highest BCUT2D eigenvalue weighted by Crippen LogP contribution is 2.23. The zero-order valence-electron chi connectivity index (χ0n) is 17.5. The first kappa shape index (κ1) is 21.8. The van der Waals surface area contributed by atoms with Crippen LogP contribution in [0.15, 0.2) is 24.3 Å². The van der Waals surface area contributed by atoms with Gasteiger partial charge in [-0.3, -0.25) is 14.4 Å². The number of amides is 2. The van der Waals surface area contributed by atoms with Crippen LogP contribution in [0.1, 0.15) is 49.9 Å². The Labute approximate surface area is 176 Å². The van der Waals surface area contributed by atoms with Crippen LogP contribution in [0.5, 0.6) is 0 Å². The molecule has 0 aromatic heterocycles. The summed E-state index contributed by atoms with van der Waals surface area (Å²) in [5, 5.41) is 0. The van der Waals surface area contributed by atoms with Crippen molar-refractivity contribution in [2.75, 3.05) is 31.1 Å². The summed E-state index contributed by atoms with van der Waals surface area (Å²) in [7, 11) is 0. The molecule has 2 heterocycles. The van der Waals surface area contributed by atoms with Gasteiger partial charge in [-0.25, -0.2) is 4.79 Å². The molecule has 3 rings (SSSR count). The van der Waals surface area contributed by atoms with Gasteiger partial charge < -0.3 is 19.3 Å². The van der Waals surface area contributed by atoms with Crippen molar-refractivity contribution in [2.24, 2.45) is 5.92 Å². The maximum atomic E-state index is 12.6. The highest BCUT2D eigenvalue weighted by Gasteiger charge is 2.31. The highest BCUT2D eigenvalue weighted by atomic mass is 16.5. The average molecular weight is 416 g/mol. The molecule has 2 aliphatic heterocycles. The van der Waals surface area contributed by atoms with Crippen molar-refractivity contribution in [2.45, 2.75) is 45.6 Å². The lowest BCUT2D eigenvalue weighted by molar-refractivity contribution is -0.152. The minimum absolute atomic E-state index is 0.0799. The van der Waals surface area contributed by atoms with E-state index in [1.807, 2.05) is 0 Å². The molecule has 30 heavy (non-hydrogen) atoms. The first-order valence-electron chi connectivity index (χ1n) is 10.5. The van der Waals surface area contributed by atoms with Crippen molar-refractivity contribution in [1.29, 1.82) is 0 Å². The van der Waals surface area contributed by atoms with Crippen LogP contribution in [0.25, 0.3) is 0 Å². The third-order valence-corrected chi connectivity index (χ3v) is 5.55. The van der Waals surface area contributed by atoms with Crippen molar-refractivity contribution in [3.05, 3.63) is 29.8 Å². The summed E-state index contributed by atoms with van der Waals surface area (Å²) in [6.45, 7) is 5.22. The Balaban J connectivity index is 1.51. The van der Waals surface area contributed by atoms with E-state index in [1.165, 1.54) is 0 Å². The number of carbonyl (C=O) groups is 4. The topological polar surface area (TPSA) is 93.2 Å². The van der Waals surface area contributed by atoms with E-state index in [-0.39, 0.29) is 23.7 Å². The van der Waals surface area contributed by atoms with Gasteiger partial charge in [0.15, 0.2) is 6.10 Å². The van der Waals surface area contributed by atoms with Crippen LogP contribution in [0, 0.1) is 5.92 Å². The Morgan fingerprint density at radius 2 is 1.77 bits per heavy atom. The van der Waals surface area contributed by atoms with Gasteiger partial charge in [0.25, 0.3) is 5.91 Å². The first-order valence-corrected chi connectivity index (χ1v) is 10.5. The summed E-state index contributed by atoms with van der Waals surface area (Å²) in [6, 6.07) is 6.63. The minimum atomic E-state index is -0.920. The predicted octanol–water partition coefficient (Wildman–Crippen LogP) is 2.16. The minimum Gasteiger partial charge on any atom is -0.466 e. The summed E-state index contributed by atoms with van der Waals surface area (Å²) < 4.78 is 10.4. The lowest BCUT2D eigenvalue weighted by Gasteiger charge is -2.32. The van der Waals surface area contributed by atoms with Crippen LogP contribution in [0.3, 0.4) is 0 Å². The van der Waals surface area contributed by atoms with Gasteiger partial charge >= 0.3 is 11.9 Å². The molecule has 8 heteroatoms. The number of nitrogens with zero attached hydrogens (tertiary/aromatic N) is 2. The predicted molar refractivity (Wildman–Crippen MR) is 109 cm³/mol. The fourth-order valence-electron chi connectivity index (χ4n) is 3.83. The number of ether oxygens (including phenoxy) is 2. The molecule has 1 unspecified atom stereocenters. The van der Waals surface area contributed by atoms with E-state index in [2.05, 4.69) is 0 Å². The maximum absolute atomic E-state index is 12.6. The molecule has 0 aliphatic carbocycles. The Bertz CT molecular complexity index is 798. The van der Waals surface area contributed by atoms with E-state index in [1.54, 1.807) is 47.9 Å². The van der Waals surface area contributed by atoms with Gasteiger partial charge in [-0.05, 0) is 57.4 Å². The number of carbonyl (C=O) groups excluding carboxylic acids is 4. The maximum Gasteiger partial charge on any atom is 0.338 e. The number of esters is 2. The lowest BCUT2D eigenvalue weighted by atomic mass is 9.97. The molecule has 0 bridgehead atoms. The second-order valence-electron chi connectivity index (χ2n) is 7.59. The number of likely N-dealkylation sites (tertiary alicyclic amines) is 1. The molecule has 0 N–H and O–H groups in total. The molecule has 2 aliphatic rings. The van der Waals surface area contributed by atoms with Crippen molar-refractivity contribution in [3.63, 3.8) is 0 Å². The number of rotatable bonds is 6. The van der Waals surface area contributed by atoms with Gasteiger partial charge in [-0.15, -0.1) is 0 Å². The molecule has 162 valence electrons. The van der Waals surface area contributed by atoms with Crippen molar-refractivity contribution < 1.29 is 28.7 Å². The number of anilines is 1. The van der Waals surface area contributed by atoms with E-state index in [9.17, 15) is 19.2 Å². The third kappa shape index (κ3) is 4.98. The van der Waals surface area contributed by atoms with Crippen molar-refractivity contribution in [3.8, 4) is 0 Å². The third-order valence-electron chi connectivity index (χ3n) is 5.55. The Kier molecular flexibility index (Phi) is 7.07. The fraction of sp³-hybridized carbons (Fsp3) is 0.545. The Morgan fingerprint density at radius 3 is 2.33 bits per heavy atom. The Hall–Kier alpha value is -2.90. The van der Waals surface area contributed by atoms with Crippen LogP contribution in [0.4, 0.5) is 5.69 Å². The number of benzene rings is 1. The summed E-state index contributed by atoms with van der Waals surface area (Å²) >= 11 is 0. The standard InChI is InChI=1S/C22H28N2O6/c1-3-29-21(27)17-10-13-23(14-11-17)20(26)15(2)30-22(28)16-6-8-18(9-7-16)24-12-4-5-19(24)25/h6-9,15,17H,3-5,10-14H2,1-2H3. The molecule has 1 aromatic rings. The molecule has 2 saturated heterocycles. The number of hydrogen-bond donors (Lipinski definition) is 0. The van der Waals surface area contributed by atoms with Crippen LogP contribution < -0.4 is 4.90 Å². The van der Waals surface area contributed by atoms with E-state index in [0.29, 0.717) is 51.1 Å². The lowest BCUT2D eigenvalue weighted by Crippen LogP contribution is -2.45. The molecule has 0 spiro atoms. The second kappa shape index (κ2) is 9.73. The average Bonchev–Trinajstić information content (AvgIpc) is 3.19. The van der Waals surface area contributed by atoms with Gasteiger partial charge in [-0.2, -0.15) is 0 Å². The normalized spacial score (nSPS) is 18.3. The van der Waals surface area contributed by atoms with E-state index < -0.39 is 12.1 Å². The zero-order chi connectivity index (χ0) is 21.7. The van der Waals surface area contributed by atoms with E-state index in [0.717, 1.165) is 12.1 Å². The van der Waals surface area contributed by atoms with Crippen molar-refractivity contribution in [1.82, 2.24) is 4.90 Å². The van der Waals surface area contributed by atoms with Gasteiger partial charge in [-0.1, -0.05) is 0 Å². The van der Waals surface area contributed by atoms with Crippen LogP contribution in [-0.2, 0) is 23.9 Å².